The van der Waals surface area contributed by atoms with Gasteiger partial charge in [0.15, 0.2) is 0 Å². The van der Waals surface area contributed by atoms with Crippen LogP contribution in [0.25, 0.3) is 27.6 Å². The molecular formula is C24H34N6O2. The van der Waals surface area contributed by atoms with Crippen LogP contribution in [-0.2, 0) is 16.9 Å². The zero-order valence-electron chi connectivity index (χ0n) is 19.4. The van der Waals surface area contributed by atoms with Crippen molar-refractivity contribution < 1.29 is 9.84 Å². The number of hydrazine groups is 1. The second-order valence-electron chi connectivity index (χ2n) is 9.17. The van der Waals surface area contributed by atoms with Gasteiger partial charge in [-0.25, -0.2) is 5.84 Å². The molecule has 3 aromatic rings. The van der Waals surface area contributed by atoms with E-state index in [9.17, 15) is 5.11 Å². The molecule has 0 amide bonds. The molecule has 1 aromatic carbocycles. The number of ether oxygens (including phenoxy) is 1. The number of pyridine rings is 1. The van der Waals surface area contributed by atoms with Crippen LogP contribution in [0.1, 0.15) is 37.8 Å². The van der Waals surface area contributed by atoms with Crippen molar-refractivity contribution in [1.29, 1.82) is 0 Å². The first-order valence-electron chi connectivity index (χ1n) is 11.1. The minimum absolute atomic E-state index is 0.479. The number of hydrogen-bond acceptors (Lipinski definition) is 7. The van der Waals surface area contributed by atoms with Crippen molar-refractivity contribution in [3.8, 4) is 0 Å². The van der Waals surface area contributed by atoms with Gasteiger partial charge in [-0.15, -0.1) is 0 Å². The first-order chi connectivity index (χ1) is 15.2. The minimum Gasteiger partial charge on any atom is -0.386 e. The zero-order chi connectivity index (χ0) is 23.0. The number of aromatic nitrogens is 2. The summed E-state index contributed by atoms with van der Waals surface area (Å²) < 4.78 is 7.90. The normalized spacial score (nSPS) is 16.4. The molecule has 0 atom stereocenters. The van der Waals surface area contributed by atoms with Crippen molar-refractivity contribution >= 4 is 27.6 Å². The molecule has 2 aromatic heterocycles. The van der Waals surface area contributed by atoms with Gasteiger partial charge < -0.3 is 30.5 Å². The molecule has 6 N–H and O–H groups in total. The summed E-state index contributed by atoms with van der Waals surface area (Å²) in [5, 5.41) is 16.2. The van der Waals surface area contributed by atoms with Gasteiger partial charge in [0, 0.05) is 51.0 Å². The number of nitrogens with two attached hydrogens (primary N) is 2. The zero-order valence-corrected chi connectivity index (χ0v) is 19.4. The molecule has 1 saturated heterocycles. The van der Waals surface area contributed by atoms with E-state index in [4.69, 9.17) is 21.3 Å². The lowest BCUT2D eigenvalue weighted by molar-refractivity contribution is 0.0619. The van der Waals surface area contributed by atoms with E-state index in [1.807, 2.05) is 26.1 Å². The summed E-state index contributed by atoms with van der Waals surface area (Å²) in [5.74, 6) is 7.10. The monoisotopic (exact) mass is 438 g/mol. The summed E-state index contributed by atoms with van der Waals surface area (Å²) in [5.41, 5.74) is 10.7. The Balaban J connectivity index is 1.95. The van der Waals surface area contributed by atoms with E-state index in [-0.39, 0.29) is 0 Å². The first kappa shape index (κ1) is 22.4. The number of hydrogen-bond donors (Lipinski definition) is 4. The van der Waals surface area contributed by atoms with Crippen molar-refractivity contribution in [3.05, 3.63) is 47.4 Å². The van der Waals surface area contributed by atoms with E-state index in [0.29, 0.717) is 17.4 Å². The maximum absolute atomic E-state index is 10.6. The van der Waals surface area contributed by atoms with Crippen LogP contribution in [0.15, 0.2) is 36.3 Å². The molecule has 8 heteroatoms. The molecule has 0 aliphatic carbocycles. The Labute approximate surface area is 188 Å². The van der Waals surface area contributed by atoms with Crippen LogP contribution >= 0.6 is 0 Å². The molecule has 8 nitrogen and oxygen atoms in total. The number of fused-ring (bicyclic) bond motifs is 3. The average Bonchev–Trinajstić information content (AvgIpc) is 3.06. The first-order valence-corrected chi connectivity index (χ1v) is 11.1. The second kappa shape index (κ2) is 8.61. The lowest BCUT2D eigenvalue weighted by Gasteiger charge is -2.24. The molecule has 1 aliphatic heterocycles. The number of nitrogens with zero attached hydrogens (tertiary/aromatic N) is 3. The highest BCUT2D eigenvalue weighted by Crippen LogP contribution is 2.34. The van der Waals surface area contributed by atoms with Crippen LogP contribution in [-0.4, -0.2) is 47.0 Å². The average molecular weight is 439 g/mol. The van der Waals surface area contributed by atoms with E-state index in [2.05, 4.69) is 28.1 Å². The summed E-state index contributed by atoms with van der Waals surface area (Å²) in [6.07, 6.45) is 3.87. The van der Waals surface area contributed by atoms with Crippen LogP contribution < -0.4 is 16.9 Å². The molecular weight excluding hydrogens is 404 g/mol. The maximum Gasteiger partial charge on any atom is 0.122 e. The Kier molecular flexibility index (Phi) is 6.03. The van der Waals surface area contributed by atoms with Crippen molar-refractivity contribution in [1.82, 2.24) is 19.9 Å². The van der Waals surface area contributed by atoms with Gasteiger partial charge in [-0.2, -0.15) is 0 Å². The third-order valence-corrected chi connectivity index (χ3v) is 6.34. The molecule has 32 heavy (non-hydrogen) atoms. The standard InChI is InChI=1S/C24H34N6O2/c1-24(2,31)17-5-6-18-19(12-17)30(14-15-7-9-32-10-8-15)20-11-16(13-28-21(18)20)22(29(4)26)23(25)27-3/h5-6,11-13,15,27,31H,7-10,14,25-26H2,1-4H3/b23-22+. The lowest BCUT2D eigenvalue weighted by atomic mass is 9.97. The summed E-state index contributed by atoms with van der Waals surface area (Å²) in [6.45, 7) is 6.08. The van der Waals surface area contributed by atoms with Gasteiger partial charge in [0.2, 0.25) is 0 Å². The number of rotatable bonds is 6. The lowest BCUT2D eigenvalue weighted by Crippen LogP contribution is -2.30. The molecule has 172 valence electrons. The molecule has 0 saturated carbocycles. The van der Waals surface area contributed by atoms with E-state index < -0.39 is 5.60 Å². The van der Waals surface area contributed by atoms with Crippen molar-refractivity contribution in [3.63, 3.8) is 0 Å². The molecule has 0 bridgehead atoms. The SMILES string of the molecule is CN/C(N)=C(\c1cnc2c3ccc(C(C)(C)O)cc3n(CC3CCOCC3)c2c1)N(C)N. The number of aliphatic hydroxyl groups is 1. The summed E-state index contributed by atoms with van der Waals surface area (Å²) in [7, 11) is 3.53. The summed E-state index contributed by atoms with van der Waals surface area (Å²) in [6, 6.07) is 8.23. The van der Waals surface area contributed by atoms with Gasteiger partial charge in [-0.1, -0.05) is 12.1 Å². The fourth-order valence-corrected chi connectivity index (χ4v) is 4.51. The molecule has 1 aliphatic rings. The Bertz CT molecular complexity index is 1150. The Morgan fingerprint density at radius 2 is 2.00 bits per heavy atom. The van der Waals surface area contributed by atoms with Gasteiger partial charge >= 0.3 is 0 Å². The third-order valence-electron chi connectivity index (χ3n) is 6.34. The van der Waals surface area contributed by atoms with Crippen molar-refractivity contribution in [2.24, 2.45) is 17.5 Å². The highest BCUT2D eigenvalue weighted by Gasteiger charge is 2.23. The predicted molar refractivity (Wildman–Crippen MR) is 128 cm³/mol. The maximum atomic E-state index is 10.6. The van der Waals surface area contributed by atoms with Crippen LogP contribution in [0.5, 0.6) is 0 Å². The molecule has 0 spiro atoms. The smallest absolute Gasteiger partial charge is 0.122 e. The highest BCUT2D eigenvalue weighted by atomic mass is 16.5. The summed E-state index contributed by atoms with van der Waals surface area (Å²) in [4.78, 5) is 4.83. The quantitative estimate of drug-likeness (QED) is 0.345. The predicted octanol–water partition coefficient (Wildman–Crippen LogP) is 2.45. The van der Waals surface area contributed by atoms with E-state index in [1.165, 1.54) is 5.01 Å². The van der Waals surface area contributed by atoms with Crippen LogP contribution in [0.3, 0.4) is 0 Å². The van der Waals surface area contributed by atoms with Crippen LogP contribution in [0.2, 0.25) is 0 Å². The molecule has 3 heterocycles. The van der Waals surface area contributed by atoms with Crippen LogP contribution in [0, 0.1) is 5.92 Å². The third kappa shape index (κ3) is 4.13. The largest absolute Gasteiger partial charge is 0.386 e. The summed E-state index contributed by atoms with van der Waals surface area (Å²) >= 11 is 0. The minimum atomic E-state index is -0.924. The molecule has 0 unspecified atom stereocenters. The fourth-order valence-electron chi connectivity index (χ4n) is 4.51. The van der Waals surface area contributed by atoms with Gasteiger partial charge in [-0.05, 0) is 50.3 Å². The van der Waals surface area contributed by atoms with E-state index in [1.54, 1.807) is 14.1 Å². The van der Waals surface area contributed by atoms with Crippen LogP contribution in [0.4, 0.5) is 0 Å². The van der Waals surface area contributed by atoms with Gasteiger partial charge in [0.25, 0.3) is 0 Å². The molecule has 0 radical (unpaired) electrons. The number of nitrogens with one attached hydrogen (secondary N) is 1. The van der Waals surface area contributed by atoms with Gasteiger partial charge in [0.05, 0.1) is 22.2 Å². The Hall–Kier alpha value is -2.81. The van der Waals surface area contributed by atoms with E-state index >= 15 is 0 Å². The van der Waals surface area contributed by atoms with E-state index in [0.717, 1.165) is 65.7 Å². The Morgan fingerprint density at radius 1 is 1.28 bits per heavy atom. The van der Waals surface area contributed by atoms with Gasteiger partial charge in [0.1, 0.15) is 11.5 Å². The van der Waals surface area contributed by atoms with Gasteiger partial charge in [-0.3, -0.25) is 4.98 Å². The number of benzene rings is 1. The van der Waals surface area contributed by atoms with Crippen molar-refractivity contribution in [2.45, 2.75) is 38.8 Å². The fraction of sp³-hybridized carbons (Fsp3) is 0.458. The van der Waals surface area contributed by atoms with Crippen molar-refractivity contribution in [2.75, 3.05) is 27.3 Å². The second-order valence-corrected chi connectivity index (χ2v) is 9.17. The topological polar surface area (TPSA) is 115 Å². The Morgan fingerprint density at radius 3 is 2.62 bits per heavy atom. The highest BCUT2D eigenvalue weighted by molar-refractivity contribution is 6.06. The molecule has 1 fully saturated rings. The molecule has 4 rings (SSSR count).